The summed E-state index contributed by atoms with van der Waals surface area (Å²) in [6.45, 7) is 1.93. The predicted octanol–water partition coefficient (Wildman–Crippen LogP) is 5.32. The Morgan fingerprint density at radius 3 is 2.50 bits per heavy atom. The molecule has 0 radical (unpaired) electrons. The molecule has 1 amide bonds. The number of pyridine rings is 1. The lowest BCUT2D eigenvalue weighted by molar-refractivity contribution is 0.102. The molecule has 3 aromatic carbocycles. The zero-order chi connectivity index (χ0) is 21.3. The quantitative estimate of drug-likeness (QED) is 0.446. The van der Waals surface area contributed by atoms with Gasteiger partial charge in [0.1, 0.15) is 5.75 Å². The van der Waals surface area contributed by atoms with Crippen LogP contribution in [0.15, 0.2) is 82.2 Å². The molecule has 0 aliphatic carbocycles. The monoisotopic (exact) mass is 462 g/mol. The molecule has 1 N–H and O–H groups in total. The molecule has 0 aliphatic rings. The molecule has 0 saturated carbocycles. The number of aryl methyl sites for hydroxylation is 1. The largest absolute Gasteiger partial charge is 0.497 e. The molecule has 1 heterocycles. The first-order valence-corrected chi connectivity index (χ1v) is 10.1. The maximum Gasteiger partial charge on any atom is 0.262 e. The molecule has 4 rings (SSSR count). The zero-order valence-corrected chi connectivity index (χ0v) is 18.1. The van der Waals surface area contributed by atoms with Gasteiger partial charge in [0.15, 0.2) is 0 Å². The lowest BCUT2D eigenvalue weighted by Gasteiger charge is -2.14. The molecule has 1 aromatic heterocycles. The Bertz CT molecular complexity index is 1330. The van der Waals surface area contributed by atoms with Gasteiger partial charge in [-0.15, -0.1) is 0 Å². The van der Waals surface area contributed by atoms with Crippen LogP contribution in [0.3, 0.4) is 0 Å². The zero-order valence-electron chi connectivity index (χ0n) is 16.5. The number of aromatic nitrogens is 1. The first-order valence-electron chi connectivity index (χ1n) is 9.34. The molecule has 0 aliphatic heterocycles. The second-order valence-electron chi connectivity index (χ2n) is 6.88. The number of methoxy groups -OCH3 is 1. The van der Waals surface area contributed by atoms with Gasteiger partial charge < -0.3 is 10.1 Å². The fourth-order valence-corrected chi connectivity index (χ4v) is 3.86. The van der Waals surface area contributed by atoms with E-state index in [0.717, 1.165) is 10.0 Å². The van der Waals surface area contributed by atoms with Gasteiger partial charge >= 0.3 is 0 Å². The molecule has 0 atom stereocenters. The average molecular weight is 463 g/mol. The van der Waals surface area contributed by atoms with E-state index in [2.05, 4.69) is 21.2 Å². The number of carbonyl (C=O) groups excluding carboxylic acids is 1. The predicted molar refractivity (Wildman–Crippen MR) is 123 cm³/mol. The van der Waals surface area contributed by atoms with E-state index in [0.29, 0.717) is 33.5 Å². The van der Waals surface area contributed by atoms with Crippen molar-refractivity contribution >= 4 is 38.3 Å². The van der Waals surface area contributed by atoms with E-state index in [1.54, 1.807) is 55.8 Å². The summed E-state index contributed by atoms with van der Waals surface area (Å²) < 4.78 is 7.70. The molecule has 0 fully saturated rings. The highest BCUT2D eigenvalue weighted by Crippen LogP contribution is 2.24. The van der Waals surface area contributed by atoms with Gasteiger partial charge in [-0.2, -0.15) is 0 Å². The highest BCUT2D eigenvalue weighted by Gasteiger charge is 2.16. The Kier molecular flexibility index (Phi) is 5.42. The second kappa shape index (κ2) is 8.16. The number of halogens is 1. The number of carbonyl (C=O) groups is 1. The number of ether oxygens (including phenoxy) is 1. The molecule has 5 nitrogen and oxygen atoms in total. The van der Waals surface area contributed by atoms with Crippen LogP contribution in [0.2, 0.25) is 0 Å². The molecule has 0 saturated heterocycles. The van der Waals surface area contributed by atoms with Gasteiger partial charge in [0, 0.05) is 33.2 Å². The first-order chi connectivity index (χ1) is 14.5. The van der Waals surface area contributed by atoms with Crippen LogP contribution in [0.5, 0.6) is 5.75 Å². The molecule has 0 unspecified atom stereocenters. The van der Waals surface area contributed by atoms with Gasteiger partial charge in [-0.3, -0.25) is 14.2 Å². The van der Waals surface area contributed by atoms with Crippen LogP contribution >= 0.6 is 15.9 Å². The van der Waals surface area contributed by atoms with Crippen molar-refractivity contribution in [1.82, 2.24) is 4.57 Å². The third kappa shape index (κ3) is 3.74. The highest BCUT2D eigenvalue weighted by atomic mass is 79.9. The van der Waals surface area contributed by atoms with Crippen molar-refractivity contribution in [1.29, 1.82) is 0 Å². The summed E-state index contributed by atoms with van der Waals surface area (Å²) in [5, 5.41) is 4.04. The van der Waals surface area contributed by atoms with E-state index in [-0.39, 0.29) is 11.5 Å². The third-order valence-corrected chi connectivity index (χ3v) is 5.43. The Labute approximate surface area is 182 Å². The van der Waals surface area contributed by atoms with E-state index >= 15 is 0 Å². The maximum absolute atomic E-state index is 13.2. The van der Waals surface area contributed by atoms with E-state index in [4.69, 9.17) is 4.74 Å². The topological polar surface area (TPSA) is 60.3 Å². The van der Waals surface area contributed by atoms with Crippen molar-refractivity contribution in [2.24, 2.45) is 0 Å². The summed E-state index contributed by atoms with van der Waals surface area (Å²) in [5.74, 6) is 0.345. The van der Waals surface area contributed by atoms with E-state index in [1.807, 2.05) is 31.2 Å². The molecule has 30 heavy (non-hydrogen) atoms. The summed E-state index contributed by atoms with van der Waals surface area (Å²) in [6, 6.07) is 20.0. The standard InChI is InChI=1S/C24H19BrN2O3/c1-15-12-16(25)10-11-22(15)26-23(28)21-14-27(17-6-5-7-18(13-17)30-2)24(29)20-9-4-3-8-19(20)21/h3-14H,1-2H3,(H,26,28). The molecule has 0 spiro atoms. The summed E-state index contributed by atoms with van der Waals surface area (Å²) in [4.78, 5) is 26.4. The average Bonchev–Trinajstić information content (AvgIpc) is 2.76. The number of hydrogen-bond acceptors (Lipinski definition) is 3. The Morgan fingerprint density at radius 1 is 1.00 bits per heavy atom. The summed E-state index contributed by atoms with van der Waals surface area (Å²) in [6.07, 6.45) is 1.59. The van der Waals surface area contributed by atoms with Crippen LogP contribution in [0.1, 0.15) is 15.9 Å². The fourth-order valence-electron chi connectivity index (χ4n) is 3.38. The number of hydrogen-bond donors (Lipinski definition) is 1. The van der Waals surface area contributed by atoms with Crippen molar-refractivity contribution in [3.8, 4) is 11.4 Å². The lowest BCUT2D eigenvalue weighted by Crippen LogP contribution is -2.22. The number of amides is 1. The van der Waals surface area contributed by atoms with Gasteiger partial charge in [-0.05, 0) is 48.9 Å². The van der Waals surface area contributed by atoms with E-state index in [9.17, 15) is 9.59 Å². The number of rotatable bonds is 4. The van der Waals surface area contributed by atoms with Crippen molar-refractivity contribution in [3.05, 3.63) is 98.9 Å². The molecule has 6 heteroatoms. The number of anilines is 1. The van der Waals surface area contributed by atoms with Crippen LogP contribution in [0.25, 0.3) is 16.5 Å². The van der Waals surface area contributed by atoms with Crippen LogP contribution in [-0.4, -0.2) is 17.6 Å². The molecule has 0 bridgehead atoms. The van der Waals surface area contributed by atoms with E-state index < -0.39 is 0 Å². The fraction of sp³-hybridized carbons (Fsp3) is 0.0833. The minimum atomic E-state index is -0.284. The van der Waals surface area contributed by atoms with Crippen LogP contribution < -0.4 is 15.6 Å². The van der Waals surface area contributed by atoms with Gasteiger partial charge in [-0.25, -0.2) is 0 Å². The van der Waals surface area contributed by atoms with Gasteiger partial charge in [0.25, 0.3) is 11.5 Å². The van der Waals surface area contributed by atoms with Crippen molar-refractivity contribution in [3.63, 3.8) is 0 Å². The number of fused-ring (bicyclic) bond motifs is 1. The van der Waals surface area contributed by atoms with Gasteiger partial charge in [-0.1, -0.05) is 40.2 Å². The smallest absolute Gasteiger partial charge is 0.262 e. The Morgan fingerprint density at radius 2 is 1.77 bits per heavy atom. The highest BCUT2D eigenvalue weighted by molar-refractivity contribution is 9.10. The normalized spacial score (nSPS) is 10.8. The van der Waals surface area contributed by atoms with Crippen molar-refractivity contribution in [2.75, 3.05) is 12.4 Å². The van der Waals surface area contributed by atoms with Crippen LogP contribution in [0.4, 0.5) is 5.69 Å². The minimum absolute atomic E-state index is 0.199. The molecular formula is C24H19BrN2O3. The summed E-state index contributed by atoms with van der Waals surface area (Å²) in [7, 11) is 1.57. The van der Waals surface area contributed by atoms with E-state index in [1.165, 1.54) is 4.57 Å². The van der Waals surface area contributed by atoms with Gasteiger partial charge in [0.2, 0.25) is 0 Å². The third-order valence-electron chi connectivity index (χ3n) is 4.94. The maximum atomic E-state index is 13.2. The van der Waals surface area contributed by atoms with Crippen LogP contribution in [0, 0.1) is 6.92 Å². The molecule has 4 aromatic rings. The number of nitrogens with zero attached hydrogens (tertiary/aromatic N) is 1. The molecular weight excluding hydrogens is 444 g/mol. The Balaban J connectivity index is 1.87. The van der Waals surface area contributed by atoms with Gasteiger partial charge in [0.05, 0.1) is 18.4 Å². The Hall–Kier alpha value is -3.38. The summed E-state index contributed by atoms with van der Waals surface area (Å²) in [5.41, 5.74) is 2.49. The minimum Gasteiger partial charge on any atom is -0.497 e. The number of benzene rings is 3. The SMILES string of the molecule is COc1cccc(-n2cc(C(=O)Nc3ccc(Br)cc3C)c3ccccc3c2=O)c1. The summed E-state index contributed by atoms with van der Waals surface area (Å²) >= 11 is 3.43. The second-order valence-corrected chi connectivity index (χ2v) is 7.79. The number of nitrogens with one attached hydrogen (secondary N) is 1. The van der Waals surface area contributed by atoms with Crippen molar-refractivity contribution in [2.45, 2.75) is 6.92 Å². The molecule has 150 valence electrons. The lowest BCUT2D eigenvalue weighted by atomic mass is 10.1. The van der Waals surface area contributed by atoms with Crippen molar-refractivity contribution < 1.29 is 9.53 Å². The first kappa shape index (κ1) is 19.9. The van der Waals surface area contributed by atoms with Crippen LogP contribution in [-0.2, 0) is 0 Å².